The van der Waals surface area contributed by atoms with E-state index in [1.807, 2.05) is 42.5 Å². The van der Waals surface area contributed by atoms with Crippen molar-refractivity contribution in [2.24, 2.45) is 23.7 Å². The average molecular weight is 722 g/mol. The lowest BCUT2D eigenvalue weighted by atomic mass is 9.49. The normalized spacial score (nSPS) is 27.9. The van der Waals surface area contributed by atoms with Crippen molar-refractivity contribution >= 4 is 62.5 Å². The molecule has 4 aliphatic rings. The zero-order chi connectivity index (χ0) is 33.5. The van der Waals surface area contributed by atoms with Crippen LogP contribution in [0.15, 0.2) is 113 Å². The Morgan fingerprint density at radius 1 is 0.792 bits per heavy atom. The molecule has 0 radical (unpaired) electrons. The van der Waals surface area contributed by atoms with E-state index >= 15 is 4.79 Å². The third kappa shape index (κ3) is 4.31. The summed E-state index contributed by atoms with van der Waals surface area (Å²) in [5, 5.41) is 10.9. The minimum atomic E-state index is -1.36. The number of phenols is 1. The van der Waals surface area contributed by atoms with Gasteiger partial charge in [0.1, 0.15) is 5.75 Å². The van der Waals surface area contributed by atoms with Crippen molar-refractivity contribution in [3.05, 3.63) is 135 Å². The van der Waals surface area contributed by atoms with Crippen molar-refractivity contribution in [2.45, 2.75) is 31.1 Å². The van der Waals surface area contributed by atoms with Gasteiger partial charge in [-0.3, -0.25) is 24.1 Å². The number of aryl methyl sites for hydroxylation is 1. The van der Waals surface area contributed by atoms with Crippen LogP contribution in [0.4, 0.5) is 11.4 Å². The Morgan fingerprint density at radius 2 is 1.54 bits per heavy atom. The maximum atomic E-state index is 15.3. The Morgan fingerprint density at radius 3 is 2.25 bits per heavy atom. The van der Waals surface area contributed by atoms with Gasteiger partial charge in [0.2, 0.25) is 23.6 Å². The Hall–Kier alpha value is -4.53. The van der Waals surface area contributed by atoms with Gasteiger partial charge in [0.05, 0.1) is 34.5 Å². The highest BCUT2D eigenvalue weighted by Gasteiger charge is 2.70. The molecule has 2 heterocycles. The van der Waals surface area contributed by atoms with Gasteiger partial charge >= 0.3 is 0 Å². The molecule has 4 amide bonds. The largest absolute Gasteiger partial charge is 0.508 e. The summed E-state index contributed by atoms with van der Waals surface area (Å²) >= 11 is 9.82. The molecule has 4 aromatic carbocycles. The van der Waals surface area contributed by atoms with Crippen LogP contribution >= 0.6 is 27.5 Å². The molecule has 2 aliphatic carbocycles. The monoisotopic (exact) mass is 720 g/mol. The number of phenolic OH excluding ortho intramolecular Hbond substituents is 1. The second kappa shape index (κ2) is 11.3. The van der Waals surface area contributed by atoms with Crippen LogP contribution in [0.25, 0.3) is 0 Å². The van der Waals surface area contributed by atoms with E-state index < -0.39 is 35.0 Å². The maximum Gasteiger partial charge on any atom is 0.246 e. The van der Waals surface area contributed by atoms with Crippen LogP contribution in [0.1, 0.15) is 35.4 Å². The SMILES string of the molecule is Cc1cc(C2C3=CCC4C(=O)N(c5ccc(Br)cc5)C(=O)C4C3CC3C(=O)N(c4cccc(Cl)c4)C(=O)C32c2ccccc2)ccc1O. The number of amides is 4. The van der Waals surface area contributed by atoms with E-state index in [-0.39, 0.29) is 35.8 Å². The number of hydrogen-bond acceptors (Lipinski definition) is 5. The van der Waals surface area contributed by atoms with Crippen LogP contribution in [-0.2, 0) is 24.6 Å². The van der Waals surface area contributed by atoms with Gasteiger partial charge in [-0.25, -0.2) is 4.90 Å². The Bertz CT molecular complexity index is 2060. The quantitative estimate of drug-likeness (QED) is 0.174. The zero-order valence-electron chi connectivity index (χ0n) is 25.8. The summed E-state index contributed by atoms with van der Waals surface area (Å²) in [5.74, 6) is -4.43. The molecule has 6 unspecified atom stereocenters. The van der Waals surface area contributed by atoms with Crippen LogP contribution in [0, 0.1) is 30.6 Å². The minimum absolute atomic E-state index is 0.116. The predicted octanol–water partition coefficient (Wildman–Crippen LogP) is 7.48. The van der Waals surface area contributed by atoms with Crippen molar-refractivity contribution in [3.8, 4) is 5.75 Å². The number of allylic oxidation sites excluding steroid dienone is 2. The van der Waals surface area contributed by atoms with Crippen molar-refractivity contribution in [1.29, 1.82) is 0 Å². The Kier molecular flexibility index (Phi) is 7.23. The standard InChI is InChI=1S/C39H30BrClN2O5/c1-21-18-22(10-17-32(21)44)34-28-15-16-29-33(37(47)42(35(29)45)26-13-11-24(40)12-14-26)30(28)20-31-36(46)43(27-9-5-8-25(41)19-27)38(48)39(31,34)23-6-3-2-4-7-23/h2-15,17-19,29-31,33-34,44H,16,20H2,1H3. The Balaban J connectivity index is 1.35. The fraction of sp³-hybridized carbons (Fsp3) is 0.231. The number of carbonyl (C=O) groups is 4. The number of benzene rings is 4. The van der Waals surface area contributed by atoms with E-state index in [4.69, 9.17) is 11.6 Å². The van der Waals surface area contributed by atoms with Crippen molar-refractivity contribution < 1.29 is 24.3 Å². The second-order valence-corrected chi connectivity index (χ2v) is 14.5. The number of imide groups is 2. The second-order valence-electron chi connectivity index (χ2n) is 13.1. The molecule has 1 N–H and O–H groups in total. The smallest absolute Gasteiger partial charge is 0.246 e. The number of rotatable bonds is 4. The lowest BCUT2D eigenvalue weighted by molar-refractivity contribution is -0.127. The highest BCUT2D eigenvalue weighted by molar-refractivity contribution is 9.10. The van der Waals surface area contributed by atoms with Gasteiger partial charge in [-0.1, -0.05) is 87.7 Å². The lowest BCUT2D eigenvalue weighted by Crippen LogP contribution is -2.53. The van der Waals surface area contributed by atoms with Crippen LogP contribution < -0.4 is 9.80 Å². The van der Waals surface area contributed by atoms with Gasteiger partial charge in [0, 0.05) is 15.4 Å². The van der Waals surface area contributed by atoms with E-state index in [2.05, 4.69) is 15.9 Å². The molecule has 2 saturated heterocycles. The number of halogens is 2. The molecule has 6 atom stereocenters. The number of hydrogen-bond donors (Lipinski definition) is 1. The molecule has 1 saturated carbocycles. The third-order valence-corrected chi connectivity index (χ3v) is 11.6. The van der Waals surface area contributed by atoms with Gasteiger partial charge in [0.25, 0.3) is 0 Å². The molecular weight excluding hydrogens is 692 g/mol. The van der Waals surface area contributed by atoms with E-state index in [1.54, 1.807) is 67.6 Å². The molecule has 7 nitrogen and oxygen atoms in total. The summed E-state index contributed by atoms with van der Waals surface area (Å²) in [4.78, 5) is 60.9. The maximum absolute atomic E-state index is 15.3. The molecule has 0 bridgehead atoms. The van der Waals surface area contributed by atoms with Gasteiger partial charge in [-0.2, -0.15) is 0 Å². The topological polar surface area (TPSA) is 95.0 Å². The van der Waals surface area contributed by atoms with Crippen LogP contribution in [0.5, 0.6) is 5.75 Å². The fourth-order valence-electron chi connectivity index (χ4n) is 8.82. The molecule has 0 spiro atoms. The highest BCUT2D eigenvalue weighted by atomic mass is 79.9. The molecule has 240 valence electrons. The highest BCUT2D eigenvalue weighted by Crippen LogP contribution is 2.64. The number of anilines is 2. The first-order valence-corrected chi connectivity index (χ1v) is 17.1. The molecule has 0 aromatic heterocycles. The summed E-state index contributed by atoms with van der Waals surface area (Å²) in [6, 6.07) is 28.5. The summed E-state index contributed by atoms with van der Waals surface area (Å²) < 4.78 is 0.831. The van der Waals surface area contributed by atoms with Crippen LogP contribution in [-0.4, -0.2) is 28.7 Å². The number of fused-ring (bicyclic) bond motifs is 4. The first-order valence-electron chi connectivity index (χ1n) is 15.9. The van der Waals surface area contributed by atoms with Crippen molar-refractivity contribution in [1.82, 2.24) is 0 Å². The first kappa shape index (κ1) is 30.8. The van der Waals surface area contributed by atoms with E-state index in [9.17, 15) is 19.5 Å². The molecule has 2 aliphatic heterocycles. The molecule has 9 heteroatoms. The lowest BCUT2D eigenvalue weighted by Gasteiger charge is -2.50. The van der Waals surface area contributed by atoms with Gasteiger partial charge in [-0.15, -0.1) is 0 Å². The van der Waals surface area contributed by atoms with Crippen molar-refractivity contribution in [2.75, 3.05) is 9.80 Å². The average Bonchev–Trinajstić information content (AvgIpc) is 3.47. The Labute approximate surface area is 290 Å². The number of aromatic hydroxyl groups is 1. The summed E-state index contributed by atoms with van der Waals surface area (Å²) in [6.07, 6.45) is 2.58. The van der Waals surface area contributed by atoms with Crippen LogP contribution in [0.2, 0.25) is 5.02 Å². The molecule has 4 aromatic rings. The fourth-order valence-corrected chi connectivity index (χ4v) is 9.27. The van der Waals surface area contributed by atoms with Gasteiger partial charge in [0.15, 0.2) is 0 Å². The summed E-state index contributed by atoms with van der Waals surface area (Å²) in [6.45, 7) is 1.80. The predicted molar refractivity (Wildman–Crippen MR) is 186 cm³/mol. The third-order valence-electron chi connectivity index (χ3n) is 10.8. The number of carbonyl (C=O) groups excluding carboxylic acids is 4. The van der Waals surface area contributed by atoms with Crippen LogP contribution in [0.3, 0.4) is 0 Å². The van der Waals surface area contributed by atoms with Gasteiger partial charge < -0.3 is 5.11 Å². The first-order chi connectivity index (χ1) is 23.1. The van der Waals surface area contributed by atoms with Crippen molar-refractivity contribution in [3.63, 3.8) is 0 Å². The van der Waals surface area contributed by atoms with Gasteiger partial charge in [-0.05, 0) is 90.9 Å². The van der Waals surface area contributed by atoms with E-state index in [0.717, 1.165) is 15.6 Å². The summed E-state index contributed by atoms with van der Waals surface area (Å²) in [5.41, 5.74) is 2.46. The zero-order valence-corrected chi connectivity index (χ0v) is 28.2. The molecular formula is C39H30BrClN2O5. The van der Waals surface area contributed by atoms with E-state index in [0.29, 0.717) is 33.9 Å². The molecule has 8 rings (SSSR count). The molecule has 48 heavy (non-hydrogen) atoms. The minimum Gasteiger partial charge on any atom is -0.508 e. The van der Waals surface area contributed by atoms with E-state index in [1.165, 1.54) is 9.80 Å². The molecule has 3 fully saturated rings. The number of nitrogens with zero attached hydrogens (tertiary/aromatic N) is 2. The summed E-state index contributed by atoms with van der Waals surface area (Å²) in [7, 11) is 0.